The van der Waals surface area contributed by atoms with Gasteiger partial charge in [-0.3, -0.25) is 10.2 Å². The number of aromatic amines is 1. The van der Waals surface area contributed by atoms with Gasteiger partial charge in [-0.15, -0.1) is 0 Å². The fourth-order valence-electron chi connectivity index (χ4n) is 2.81. The molecular weight excluding hydrogens is 306 g/mol. The number of amidine groups is 1. The van der Waals surface area contributed by atoms with Crippen LogP contribution in [0.5, 0.6) is 0 Å². The van der Waals surface area contributed by atoms with Gasteiger partial charge in [-0.2, -0.15) is 0 Å². The molecule has 1 aliphatic heterocycles. The van der Waals surface area contributed by atoms with Crippen molar-refractivity contribution in [1.82, 2.24) is 14.5 Å². The Bertz CT molecular complexity index is 813. The van der Waals surface area contributed by atoms with E-state index in [1.165, 1.54) is 24.0 Å². The molecule has 3 heterocycles. The molecule has 0 aromatic carbocycles. The SMILES string of the molecule is C[C@H](O)[C@H]1OC(n2cc(C(=N)N)c3c(=O)[nH]cnc32)[C@H](O)[C@@H]1O. The zero-order valence-corrected chi connectivity index (χ0v) is 12.2. The van der Waals surface area contributed by atoms with Crippen LogP contribution in [0.3, 0.4) is 0 Å². The van der Waals surface area contributed by atoms with Gasteiger partial charge in [-0.25, -0.2) is 4.98 Å². The molecule has 7 N–H and O–H groups in total. The van der Waals surface area contributed by atoms with E-state index in [4.69, 9.17) is 15.9 Å². The molecular formula is C13H17N5O5. The van der Waals surface area contributed by atoms with Gasteiger partial charge >= 0.3 is 0 Å². The van der Waals surface area contributed by atoms with E-state index in [0.717, 1.165) is 0 Å². The molecule has 0 amide bonds. The average Bonchev–Trinajstić information content (AvgIpc) is 3.00. The minimum Gasteiger partial charge on any atom is -0.391 e. The highest BCUT2D eigenvalue weighted by atomic mass is 16.6. The highest BCUT2D eigenvalue weighted by Crippen LogP contribution is 2.33. The van der Waals surface area contributed by atoms with Gasteiger partial charge in [0.15, 0.2) is 6.23 Å². The van der Waals surface area contributed by atoms with Gasteiger partial charge in [0.25, 0.3) is 5.56 Å². The monoisotopic (exact) mass is 323 g/mol. The minimum absolute atomic E-state index is 0.0887. The number of aromatic nitrogens is 3. The number of fused-ring (bicyclic) bond motifs is 1. The lowest BCUT2D eigenvalue weighted by Crippen LogP contribution is -2.37. The second kappa shape index (κ2) is 5.42. The lowest BCUT2D eigenvalue weighted by molar-refractivity contribution is -0.0776. The van der Waals surface area contributed by atoms with Crippen LogP contribution in [-0.4, -0.2) is 60.1 Å². The molecule has 10 heteroatoms. The summed E-state index contributed by atoms with van der Waals surface area (Å²) in [6, 6.07) is 0. The number of rotatable bonds is 3. The molecule has 1 fully saturated rings. The lowest BCUT2D eigenvalue weighted by Gasteiger charge is -2.17. The van der Waals surface area contributed by atoms with Crippen LogP contribution in [0.4, 0.5) is 0 Å². The molecule has 0 radical (unpaired) electrons. The van der Waals surface area contributed by atoms with E-state index in [-0.39, 0.29) is 22.4 Å². The highest BCUT2D eigenvalue weighted by Gasteiger charge is 2.46. The maximum Gasteiger partial charge on any atom is 0.260 e. The van der Waals surface area contributed by atoms with Crippen molar-refractivity contribution in [3.05, 3.63) is 28.4 Å². The maximum absolute atomic E-state index is 12.0. The molecule has 124 valence electrons. The number of aliphatic hydroxyl groups excluding tert-OH is 3. The van der Waals surface area contributed by atoms with E-state index in [0.29, 0.717) is 0 Å². The third-order valence-electron chi connectivity index (χ3n) is 3.93. The third-order valence-corrected chi connectivity index (χ3v) is 3.93. The number of nitrogens with two attached hydrogens (primary N) is 1. The Balaban J connectivity index is 2.16. The Morgan fingerprint density at radius 2 is 2.22 bits per heavy atom. The summed E-state index contributed by atoms with van der Waals surface area (Å²) < 4.78 is 6.85. The first kappa shape index (κ1) is 15.6. The first-order valence-corrected chi connectivity index (χ1v) is 6.95. The number of ether oxygens (including phenoxy) is 1. The van der Waals surface area contributed by atoms with Gasteiger partial charge in [0.1, 0.15) is 29.8 Å². The summed E-state index contributed by atoms with van der Waals surface area (Å²) in [6.07, 6.45) is -3.18. The molecule has 23 heavy (non-hydrogen) atoms. The summed E-state index contributed by atoms with van der Waals surface area (Å²) in [4.78, 5) is 18.4. The fraction of sp³-hybridized carbons (Fsp3) is 0.462. The van der Waals surface area contributed by atoms with Crippen LogP contribution >= 0.6 is 0 Å². The summed E-state index contributed by atoms with van der Waals surface area (Å²) in [5.41, 5.74) is 5.30. The van der Waals surface area contributed by atoms with Crippen molar-refractivity contribution in [2.24, 2.45) is 5.73 Å². The zero-order valence-electron chi connectivity index (χ0n) is 12.2. The van der Waals surface area contributed by atoms with Crippen molar-refractivity contribution in [2.75, 3.05) is 0 Å². The van der Waals surface area contributed by atoms with E-state index in [1.807, 2.05) is 0 Å². The number of nitrogen functional groups attached to an aromatic ring is 1. The van der Waals surface area contributed by atoms with Crippen LogP contribution in [0.25, 0.3) is 11.0 Å². The Morgan fingerprint density at radius 1 is 1.52 bits per heavy atom. The lowest BCUT2D eigenvalue weighted by atomic mass is 10.1. The molecule has 1 saturated heterocycles. The van der Waals surface area contributed by atoms with Crippen LogP contribution in [0.15, 0.2) is 17.3 Å². The van der Waals surface area contributed by atoms with Crippen LogP contribution < -0.4 is 11.3 Å². The molecule has 3 rings (SSSR count). The van der Waals surface area contributed by atoms with Gasteiger partial charge in [-0.1, -0.05) is 0 Å². The van der Waals surface area contributed by atoms with Crippen molar-refractivity contribution >= 4 is 16.9 Å². The van der Waals surface area contributed by atoms with Crippen LogP contribution in [-0.2, 0) is 4.74 Å². The molecule has 2 aromatic heterocycles. The van der Waals surface area contributed by atoms with E-state index in [2.05, 4.69) is 9.97 Å². The molecule has 0 bridgehead atoms. The number of nitrogens with one attached hydrogen (secondary N) is 2. The van der Waals surface area contributed by atoms with Crippen molar-refractivity contribution in [1.29, 1.82) is 5.41 Å². The van der Waals surface area contributed by atoms with Crippen LogP contribution in [0.2, 0.25) is 0 Å². The van der Waals surface area contributed by atoms with E-state index < -0.39 is 36.2 Å². The number of hydrogen-bond acceptors (Lipinski definition) is 7. The van der Waals surface area contributed by atoms with E-state index in [9.17, 15) is 20.1 Å². The fourth-order valence-corrected chi connectivity index (χ4v) is 2.81. The first-order chi connectivity index (χ1) is 10.8. The van der Waals surface area contributed by atoms with E-state index in [1.54, 1.807) is 0 Å². The quantitative estimate of drug-likeness (QED) is 0.280. The average molecular weight is 323 g/mol. The molecule has 1 aliphatic rings. The Morgan fingerprint density at radius 3 is 2.78 bits per heavy atom. The summed E-state index contributed by atoms with van der Waals surface area (Å²) in [5, 5.41) is 37.5. The predicted octanol–water partition coefficient (Wildman–Crippen LogP) is -1.99. The van der Waals surface area contributed by atoms with Gasteiger partial charge < -0.3 is 35.3 Å². The predicted molar refractivity (Wildman–Crippen MR) is 79.0 cm³/mol. The van der Waals surface area contributed by atoms with Crippen molar-refractivity contribution in [3.8, 4) is 0 Å². The Hall–Kier alpha value is -2.27. The molecule has 5 atom stereocenters. The van der Waals surface area contributed by atoms with Gasteiger partial charge in [-0.05, 0) is 6.92 Å². The zero-order chi connectivity index (χ0) is 16.9. The van der Waals surface area contributed by atoms with E-state index >= 15 is 0 Å². The van der Waals surface area contributed by atoms with Gasteiger partial charge in [0.05, 0.1) is 17.8 Å². The normalized spacial score (nSPS) is 29.0. The third kappa shape index (κ3) is 2.32. The summed E-state index contributed by atoms with van der Waals surface area (Å²) >= 11 is 0. The van der Waals surface area contributed by atoms with Crippen molar-refractivity contribution in [2.45, 2.75) is 37.6 Å². The van der Waals surface area contributed by atoms with Crippen LogP contribution in [0.1, 0.15) is 18.7 Å². The number of H-pyrrole nitrogens is 1. The summed E-state index contributed by atoms with van der Waals surface area (Å²) in [5.74, 6) is -0.340. The number of hydrogen-bond donors (Lipinski definition) is 6. The maximum atomic E-state index is 12.0. The van der Waals surface area contributed by atoms with Crippen LogP contribution in [0, 0.1) is 5.41 Å². The Labute approximate surface area is 129 Å². The summed E-state index contributed by atoms with van der Waals surface area (Å²) in [6.45, 7) is 1.43. The Kier molecular flexibility index (Phi) is 3.68. The minimum atomic E-state index is -1.34. The molecule has 2 aromatic rings. The summed E-state index contributed by atoms with van der Waals surface area (Å²) in [7, 11) is 0. The molecule has 0 spiro atoms. The molecule has 0 saturated carbocycles. The second-order valence-electron chi connectivity index (χ2n) is 5.51. The van der Waals surface area contributed by atoms with Crippen molar-refractivity contribution in [3.63, 3.8) is 0 Å². The second-order valence-corrected chi connectivity index (χ2v) is 5.51. The smallest absolute Gasteiger partial charge is 0.260 e. The molecule has 1 unspecified atom stereocenters. The highest BCUT2D eigenvalue weighted by molar-refractivity contribution is 6.06. The molecule has 10 nitrogen and oxygen atoms in total. The first-order valence-electron chi connectivity index (χ1n) is 6.95. The van der Waals surface area contributed by atoms with Gasteiger partial charge in [0.2, 0.25) is 0 Å². The number of nitrogens with zero attached hydrogens (tertiary/aromatic N) is 2. The van der Waals surface area contributed by atoms with Gasteiger partial charge in [0, 0.05) is 11.8 Å². The number of aliphatic hydroxyl groups is 3. The van der Waals surface area contributed by atoms with Crippen molar-refractivity contribution < 1.29 is 20.1 Å². The largest absolute Gasteiger partial charge is 0.391 e. The topological polar surface area (TPSA) is 170 Å². The molecule has 0 aliphatic carbocycles. The standard InChI is InChI=1S/C13H17N5O5/c1-4(19)9-7(20)8(21)13(23-9)18-2-5(10(14)15)6-11(18)16-3-17-12(6)22/h2-4,7-9,13,19-21H,1H3,(H3,14,15)(H,16,17,22)/t4-,7-,8+,9+,13?/m0/s1.